The zero-order valence-corrected chi connectivity index (χ0v) is 12.1. The second-order valence-corrected chi connectivity index (χ2v) is 5.23. The van der Waals surface area contributed by atoms with Crippen molar-refractivity contribution in [3.8, 4) is 0 Å². The smallest absolute Gasteiger partial charge is 0.230 e. The molecule has 3 rings (SSSR count). The van der Waals surface area contributed by atoms with E-state index < -0.39 is 0 Å². The highest BCUT2D eigenvalue weighted by Gasteiger charge is 2.37. The lowest BCUT2D eigenvalue weighted by atomic mass is 9.95. The Labute approximate surface area is 123 Å². The second-order valence-electron chi connectivity index (χ2n) is 5.23. The maximum absolute atomic E-state index is 12.5. The fourth-order valence-corrected chi connectivity index (χ4v) is 2.63. The van der Waals surface area contributed by atoms with E-state index >= 15 is 0 Å². The Hall–Kier alpha value is -2.21. The van der Waals surface area contributed by atoms with Gasteiger partial charge in [0.15, 0.2) is 0 Å². The molecule has 6 nitrogen and oxygen atoms in total. The molecule has 0 spiro atoms. The second kappa shape index (κ2) is 5.65. The summed E-state index contributed by atoms with van der Waals surface area (Å²) in [6.45, 7) is 2.57. The first-order valence-electron chi connectivity index (χ1n) is 6.98. The van der Waals surface area contributed by atoms with Crippen LogP contribution in [0.2, 0.25) is 0 Å². The van der Waals surface area contributed by atoms with E-state index in [9.17, 15) is 4.79 Å². The number of amides is 1. The van der Waals surface area contributed by atoms with Crippen molar-refractivity contribution in [2.75, 3.05) is 11.9 Å². The van der Waals surface area contributed by atoms with E-state index in [0.717, 1.165) is 11.3 Å². The minimum atomic E-state index is -0.227. The first kappa shape index (κ1) is 13.8. The van der Waals surface area contributed by atoms with Gasteiger partial charge in [-0.15, -0.1) is 0 Å². The third kappa shape index (κ3) is 2.67. The fourth-order valence-electron chi connectivity index (χ4n) is 2.63. The Morgan fingerprint density at radius 1 is 1.48 bits per heavy atom. The van der Waals surface area contributed by atoms with Crippen molar-refractivity contribution in [1.29, 1.82) is 0 Å². The first-order chi connectivity index (χ1) is 10.2. The molecule has 110 valence electrons. The average Bonchev–Trinajstić information content (AvgIpc) is 3.08. The summed E-state index contributed by atoms with van der Waals surface area (Å²) in [5, 5.41) is 7.13. The van der Waals surface area contributed by atoms with E-state index in [1.165, 1.54) is 0 Å². The molecule has 2 aromatic rings. The van der Waals surface area contributed by atoms with Crippen molar-refractivity contribution < 1.29 is 9.53 Å². The van der Waals surface area contributed by atoms with Gasteiger partial charge in [0.25, 0.3) is 0 Å². The average molecular weight is 286 g/mol. The number of pyridine rings is 1. The number of carbonyl (C=O) groups is 1. The number of aromatic nitrogens is 3. The van der Waals surface area contributed by atoms with Crippen LogP contribution in [0.25, 0.3) is 0 Å². The number of nitrogens with zero attached hydrogens (tertiary/aromatic N) is 3. The summed E-state index contributed by atoms with van der Waals surface area (Å²) in [6, 6.07) is 3.62. The van der Waals surface area contributed by atoms with Crippen molar-refractivity contribution in [3.63, 3.8) is 0 Å². The number of hydrogen-bond donors (Lipinski definition) is 1. The van der Waals surface area contributed by atoms with Crippen LogP contribution in [-0.4, -0.2) is 27.3 Å². The first-order valence-corrected chi connectivity index (χ1v) is 6.98. The van der Waals surface area contributed by atoms with E-state index in [0.29, 0.717) is 18.7 Å². The molecule has 1 fully saturated rings. The van der Waals surface area contributed by atoms with E-state index in [2.05, 4.69) is 15.4 Å². The molecule has 1 aliphatic heterocycles. The molecule has 3 heterocycles. The van der Waals surface area contributed by atoms with Crippen LogP contribution in [-0.2, 0) is 16.6 Å². The Balaban J connectivity index is 1.78. The number of hydrogen-bond acceptors (Lipinski definition) is 4. The predicted molar refractivity (Wildman–Crippen MR) is 77.6 cm³/mol. The summed E-state index contributed by atoms with van der Waals surface area (Å²) in [7, 11) is 1.89. The maximum Gasteiger partial charge on any atom is 0.230 e. The predicted octanol–water partition coefficient (Wildman–Crippen LogP) is 1.84. The summed E-state index contributed by atoms with van der Waals surface area (Å²) < 4.78 is 7.57. The molecular formula is C15H18N4O2. The lowest BCUT2D eigenvalue weighted by Crippen LogP contribution is -2.25. The third-order valence-corrected chi connectivity index (χ3v) is 3.94. The monoisotopic (exact) mass is 286 g/mol. The number of anilines is 1. The zero-order valence-electron chi connectivity index (χ0n) is 12.1. The summed E-state index contributed by atoms with van der Waals surface area (Å²) in [6.07, 6.45) is 5.59. The van der Waals surface area contributed by atoms with Crippen LogP contribution >= 0.6 is 0 Å². The van der Waals surface area contributed by atoms with Crippen LogP contribution in [0.5, 0.6) is 0 Å². The molecule has 1 N–H and O–H groups in total. The molecule has 0 saturated carbocycles. The molecule has 0 aromatic carbocycles. The van der Waals surface area contributed by atoms with E-state index in [1.54, 1.807) is 29.3 Å². The summed E-state index contributed by atoms with van der Waals surface area (Å²) in [5.74, 6) is -0.234. The number of aryl methyl sites for hydroxylation is 1. The minimum absolute atomic E-state index is 0.0336. The van der Waals surface area contributed by atoms with Gasteiger partial charge in [-0.05, 0) is 25.5 Å². The van der Waals surface area contributed by atoms with Crippen molar-refractivity contribution in [2.45, 2.75) is 19.4 Å². The lowest BCUT2D eigenvalue weighted by molar-refractivity contribution is -0.121. The van der Waals surface area contributed by atoms with Crippen molar-refractivity contribution in [1.82, 2.24) is 14.8 Å². The number of nitrogens with one attached hydrogen (secondary N) is 1. The fraction of sp³-hybridized carbons (Fsp3) is 0.400. The van der Waals surface area contributed by atoms with Gasteiger partial charge >= 0.3 is 0 Å². The maximum atomic E-state index is 12.5. The normalized spacial score (nSPS) is 21.4. The van der Waals surface area contributed by atoms with E-state index in [-0.39, 0.29) is 17.9 Å². The van der Waals surface area contributed by atoms with Crippen molar-refractivity contribution >= 4 is 11.6 Å². The Morgan fingerprint density at radius 2 is 2.33 bits per heavy atom. The van der Waals surface area contributed by atoms with Crippen LogP contribution < -0.4 is 5.32 Å². The van der Waals surface area contributed by atoms with Gasteiger partial charge in [0.1, 0.15) is 0 Å². The Morgan fingerprint density at radius 3 is 3.00 bits per heavy atom. The van der Waals surface area contributed by atoms with Gasteiger partial charge in [-0.3, -0.25) is 14.5 Å². The molecular weight excluding hydrogens is 268 g/mol. The Kier molecular flexibility index (Phi) is 3.70. The number of rotatable bonds is 3. The quantitative estimate of drug-likeness (QED) is 0.934. The van der Waals surface area contributed by atoms with Crippen LogP contribution in [0.4, 0.5) is 5.69 Å². The third-order valence-electron chi connectivity index (χ3n) is 3.94. The van der Waals surface area contributed by atoms with Gasteiger partial charge in [0, 0.05) is 31.1 Å². The van der Waals surface area contributed by atoms with Crippen LogP contribution in [0.15, 0.2) is 30.7 Å². The summed E-state index contributed by atoms with van der Waals surface area (Å²) in [4.78, 5) is 16.5. The highest BCUT2D eigenvalue weighted by atomic mass is 16.5. The molecule has 2 aromatic heterocycles. The highest BCUT2D eigenvalue weighted by molar-refractivity contribution is 5.93. The van der Waals surface area contributed by atoms with Crippen LogP contribution in [0, 0.1) is 12.8 Å². The van der Waals surface area contributed by atoms with Crippen LogP contribution in [0.1, 0.15) is 23.8 Å². The van der Waals surface area contributed by atoms with Gasteiger partial charge in [-0.25, -0.2) is 0 Å². The largest absolute Gasteiger partial charge is 0.373 e. The molecule has 0 aliphatic carbocycles. The molecule has 0 radical (unpaired) electrons. The standard InChI is InChI=1S/C15H18N4O2/c1-10-13(9-17-19(10)2)14-12(5-7-21-14)15(20)18-11-4-3-6-16-8-11/h3-4,6,8-9,12,14H,5,7H2,1-2H3,(H,18,20)/t12-,14-/m0/s1. The summed E-state index contributed by atoms with van der Waals surface area (Å²) in [5.41, 5.74) is 2.72. The van der Waals surface area contributed by atoms with Gasteiger partial charge in [0.2, 0.25) is 5.91 Å². The topological polar surface area (TPSA) is 69.0 Å². The summed E-state index contributed by atoms with van der Waals surface area (Å²) >= 11 is 0. The van der Waals surface area contributed by atoms with Gasteiger partial charge in [-0.2, -0.15) is 5.10 Å². The molecule has 0 bridgehead atoms. The molecule has 21 heavy (non-hydrogen) atoms. The number of ether oxygens (including phenoxy) is 1. The van der Waals surface area contributed by atoms with Crippen molar-refractivity contribution in [3.05, 3.63) is 42.0 Å². The SMILES string of the molecule is Cc1c([C@H]2OCC[C@@H]2C(=O)Nc2cccnc2)cnn1C. The lowest BCUT2D eigenvalue weighted by Gasteiger charge is -2.18. The molecule has 2 atom stereocenters. The van der Waals surface area contributed by atoms with E-state index in [4.69, 9.17) is 4.74 Å². The zero-order chi connectivity index (χ0) is 14.8. The molecule has 1 amide bonds. The van der Waals surface area contributed by atoms with Crippen LogP contribution in [0.3, 0.4) is 0 Å². The number of carbonyl (C=O) groups excluding carboxylic acids is 1. The molecule has 1 aliphatic rings. The Bertz CT molecular complexity index is 638. The minimum Gasteiger partial charge on any atom is -0.373 e. The van der Waals surface area contributed by atoms with Crippen molar-refractivity contribution in [2.24, 2.45) is 13.0 Å². The molecule has 6 heteroatoms. The van der Waals surface area contributed by atoms with Gasteiger partial charge in [0.05, 0.1) is 30.1 Å². The highest BCUT2D eigenvalue weighted by Crippen LogP contribution is 2.36. The van der Waals surface area contributed by atoms with Gasteiger partial charge < -0.3 is 10.1 Å². The molecule has 1 saturated heterocycles. The van der Waals surface area contributed by atoms with Gasteiger partial charge in [-0.1, -0.05) is 0 Å². The van der Waals surface area contributed by atoms with E-state index in [1.807, 2.05) is 20.0 Å². The molecule has 0 unspecified atom stereocenters.